The van der Waals surface area contributed by atoms with Crippen LogP contribution in [0.1, 0.15) is 40.6 Å². The van der Waals surface area contributed by atoms with Crippen LogP contribution in [0, 0.1) is 0 Å². The first-order valence-corrected chi connectivity index (χ1v) is 20.2. The zero-order valence-electron chi connectivity index (χ0n) is 34.6. The average molecular weight is 805 g/mol. The summed E-state index contributed by atoms with van der Waals surface area (Å²) in [5.41, 5.74) is 11.3. The van der Waals surface area contributed by atoms with E-state index in [-0.39, 0.29) is 0 Å². The number of fused-ring (bicyclic) bond motifs is 9. The number of allylic oxidation sites excluding steroid dienone is 10. The number of aromatic nitrogens is 3. The minimum atomic E-state index is -0.742. The molecule has 1 spiro atoms. The van der Waals surface area contributed by atoms with E-state index in [1.165, 1.54) is 22.3 Å². The van der Waals surface area contributed by atoms with Gasteiger partial charge in [-0.25, -0.2) is 15.0 Å². The topological polar surface area (TPSA) is 85.0 Å². The molecule has 0 fully saturated rings. The molecule has 0 saturated carbocycles. The number of benzene rings is 5. The summed E-state index contributed by atoms with van der Waals surface area (Å²) in [6, 6.07) is 40.0. The Morgan fingerprint density at radius 3 is 2.03 bits per heavy atom. The summed E-state index contributed by atoms with van der Waals surface area (Å²) < 4.78 is 6.87. The van der Waals surface area contributed by atoms with Gasteiger partial charge in [0.15, 0.2) is 17.5 Å². The summed E-state index contributed by atoms with van der Waals surface area (Å²) in [5.74, 6) is 3.12. The summed E-state index contributed by atoms with van der Waals surface area (Å²) in [4.78, 5) is 28.6. The molecule has 1 aliphatic carbocycles. The number of rotatable bonds is 14. The van der Waals surface area contributed by atoms with Gasteiger partial charge < -0.3 is 4.74 Å². The highest BCUT2D eigenvalue weighted by Gasteiger charge is 2.51. The van der Waals surface area contributed by atoms with Crippen molar-refractivity contribution in [2.75, 3.05) is 0 Å². The van der Waals surface area contributed by atoms with Gasteiger partial charge in [-0.15, -0.1) is 0 Å². The van der Waals surface area contributed by atoms with E-state index in [1.54, 1.807) is 49.0 Å². The first kappa shape index (κ1) is 40.6. The van der Waals surface area contributed by atoms with Crippen molar-refractivity contribution in [2.45, 2.75) is 18.8 Å². The summed E-state index contributed by atoms with van der Waals surface area (Å²) in [6.07, 6.45) is 18.0. The van der Waals surface area contributed by atoms with Gasteiger partial charge in [-0.1, -0.05) is 160 Å². The highest BCUT2D eigenvalue weighted by Crippen LogP contribution is 2.62. The van der Waals surface area contributed by atoms with Crippen LogP contribution in [0.4, 0.5) is 0 Å². The lowest BCUT2D eigenvalue weighted by Crippen LogP contribution is -2.32. The van der Waals surface area contributed by atoms with Crippen LogP contribution in [0.15, 0.2) is 223 Å². The molecule has 300 valence electrons. The van der Waals surface area contributed by atoms with E-state index in [1.807, 2.05) is 55.5 Å². The van der Waals surface area contributed by atoms with Gasteiger partial charge in [0.05, 0.1) is 28.7 Å². The molecule has 1 aromatic heterocycles. The maximum absolute atomic E-state index is 6.87. The SMILES string of the molecule is C=C\C=C/N=C/C(=C/Cc1ccc2c(c1)C1(c3cc(-c4nc(/C(C=C)=C/C=C)nc(-c5ccccc5)n4)ccc3O2)c2ccccc2-c2ccccc21)/N=C(\C)C(=C)/N=C\C=C. The number of aliphatic imine (C=N–C) groups is 3. The highest BCUT2D eigenvalue weighted by molar-refractivity contribution is 6.01. The van der Waals surface area contributed by atoms with Gasteiger partial charge in [-0.3, -0.25) is 15.0 Å². The standard InChI is InChI=1S/C55H44N6O/c1-7-11-33-56-36-43(58-38(6)37(5)57-32-9-3)29-26-39-27-30-50-48(34-39)55(46-24-17-15-22-44(46)45-23-16-18-25-47(45)55)49-35-42(28-31-51(49)62-50)54-60-52(40(10-4)19-8-2)59-53(61-54)41-20-13-12-14-21-41/h7-25,27-36H,1-5,26H2,6H3/b33-11-,40-19+,43-29-,56-36+,57-32-,58-38+. The minimum absolute atomic E-state index is 0.501. The predicted octanol–water partition coefficient (Wildman–Crippen LogP) is 12.9. The molecular weight excluding hydrogens is 761 g/mol. The lowest BCUT2D eigenvalue weighted by atomic mass is 9.65. The van der Waals surface area contributed by atoms with Crippen molar-refractivity contribution in [2.24, 2.45) is 15.0 Å². The molecule has 8 rings (SSSR count). The largest absolute Gasteiger partial charge is 0.457 e. The fourth-order valence-corrected chi connectivity index (χ4v) is 8.00. The van der Waals surface area contributed by atoms with Gasteiger partial charge in [0, 0.05) is 40.2 Å². The Labute approximate surface area is 363 Å². The second kappa shape index (κ2) is 18.0. The first-order chi connectivity index (χ1) is 30.4. The van der Waals surface area contributed by atoms with Gasteiger partial charge in [0.2, 0.25) is 0 Å². The van der Waals surface area contributed by atoms with Crippen LogP contribution >= 0.6 is 0 Å². The van der Waals surface area contributed by atoms with Crippen molar-refractivity contribution in [1.29, 1.82) is 0 Å². The molecule has 2 heterocycles. The van der Waals surface area contributed by atoms with E-state index in [4.69, 9.17) is 24.7 Å². The van der Waals surface area contributed by atoms with Crippen LogP contribution in [0.3, 0.4) is 0 Å². The fourth-order valence-electron chi connectivity index (χ4n) is 8.00. The van der Waals surface area contributed by atoms with Crippen LogP contribution < -0.4 is 4.74 Å². The number of nitrogens with zero attached hydrogens (tertiary/aromatic N) is 6. The molecule has 0 atom stereocenters. The van der Waals surface area contributed by atoms with Gasteiger partial charge in [-0.05, 0) is 71.5 Å². The Morgan fingerprint density at radius 2 is 1.35 bits per heavy atom. The number of hydrogen-bond donors (Lipinski definition) is 0. The molecule has 0 unspecified atom stereocenters. The average Bonchev–Trinajstić information content (AvgIpc) is 3.61. The lowest BCUT2D eigenvalue weighted by Gasteiger charge is -2.39. The molecule has 0 saturated heterocycles. The van der Waals surface area contributed by atoms with Crippen LogP contribution in [0.5, 0.6) is 11.5 Å². The maximum atomic E-state index is 6.87. The molecule has 0 radical (unpaired) electrons. The van der Waals surface area contributed by atoms with Gasteiger partial charge >= 0.3 is 0 Å². The summed E-state index contributed by atoms with van der Waals surface area (Å²) in [6.45, 7) is 21.4. The normalized spacial score (nSPS) is 14.0. The second-order valence-electron chi connectivity index (χ2n) is 14.6. The Hall–Kier alpha value is -8.16. The Kier molecular flexibility index (Phi) is 11.8. The second-order valence-corrected chi connectivity index (χ2v) is 14.6. The van der Waals surface area contributed by atoms with Crippen molar-refractivity contribution in [3.63, 3.8) is 0 Å². The van der Waals surface area contributed by atoms with Crippen molar-refractivity contribution in [1.82, 2.24) is 15.0 Å². The summed E-state index contributed by atoms with van der Waals surface area (Å²) in [7, 11) is 0. The van der Waals surface area contributed by atoms with E-state index < -0.39 is 5.41 Å². The molecule has 6 aromatic rings. The van der Waals surface area contributed by atoms with Crippen molar-refractivity contribution in [3.8, 4) is 45.4 Å². The molecule has 7 heteroatoms. The zero-order chi connectivity index (χ0) is 43.1. The fraction of sp³-hybridized carbons (Fsp3) is 0.0545. The lowest BCUT2D eigenvalue weighted by molar-refractivity contribution is 0.436. The smallest absolute Gasteiger partial charge is 0.164 e. The molecule has 2 aliphatic rings. The molecule has 0 bridgehead atoms. The van der Waals surface area contributed by atoms with Crippen LogP contribution in [-0.2, 0) is 11.8 Å². The van der Waals surface area contributed by atoms with Gasteiger partial charge in [0.25, 0.3) is 0 Å². The third-order valence-electron chi connectivity index (χ3n) is 10.8. The number of hydrogen-bond acceptors (Lipinski definition) is 7. The quantitative estimate of drug-likeness (QED) is 0.0809. The maximum Gasteiger partial charge on any atom is 0.164 e. The highest BCUT2D eigenvalue weighted by atomic mass is 16.5. The van der Waals surface area contributed by atoms with Gasteiger partial charge in [-0.2, -0.15) is 0 Å². The first-order valence-electron chi connectivity index (χ1n) is 20.2. The zero-order valence-corrected chi connectivity index (χ0v) is 34.6. The summed E-state index contributed by atoms with van der Waals surface area (Å²) >= 11 is 0. The molecule has 5 aromatic carbocycles. The summed E-state index contributed by atoms with van der Waals surface area (Å²) in [5, 5.41) is 0. The number of ether oxygens (including phenoxy) is 1. The van der Waals surface area contributed by atoms with E-state index in [0.29, 0.717) is 41.0 Å². The Balaban J connectivity index is 1.32. The molecular formula is C55H44N6O. The van der Waals surface area contributed by atoms with Crippen molar-refractivity contribution < 1.29 is 4.74 Å². The minimum Gasteiger partial charge on any atom is -0.457 e. The van der Waals surface area contributed by atoms with E-state index >= 15 is 0 Å². The molecule has 62 heavy (non-hydrogen) atoms. The molecule has 0 amide bonds. The molecule has 1 aliphatic heterocycles. The van der Waals surface area contributed by atoms with Crippen LogP contribution in [0.2, 0.25) is 0 Å². The van der Waals surface area contributed by atoms with Crippen LogP contribution in [-0.4, -0.2) is 33.1 Å². The van der Waals surface area contributed by atoms with Gasteiger partial charge in [0.1, 0.15) is 11.5 Å². The monoisotopic (exact) mass is 804 g/mol. The Morgan fingerprint density at radius 1 is 0.694 bits per heavy atom. The molecule has 0 N–H and O–H groups in total. The predicted molar refractivity (Wildman–Crippen MR) is 257 cm³/mol. The van der Waals surface area contributed by atoms with E-state index in [9.17, 15) is 0 Å². The molecule has 7 nitrogen and oxygen atoms in total. The van der Waals surface area contributed by atoms with Crippen molar-refractivity contribution in [3.05, 3.63) is 242 Å². The Bertz CT molecular complexity index is 2920. The van der Waals surface area contributed by atoms with Crippen molar-refractivity contribution >= 4 is 23.7 Å². The van der Waals surface area contributed by atoms with Crippen LogP contribution in [0.25, 0.3) is 39.5 Å². The van der Waals surface area contributed by atoms with E-state index in [2.05, 4.69) is 122 Å². The third kappa shape index (κ3) is 7.71. The van der Waals surface area contributed by atoms with E-state index in [0.717, 1.165) is 44.9 Å². The third-order valence-corrected chi connectivity index (χ3v) is 10.8.